The van der Waals surface area contributed by atoms with E-state index < -0.39 is 0 Å². The highest BCUT2D eigenvalue weighted by molar-refractivity contribution is 5.93. The number of nitrogens with zero attached hydrogens (tertiary/aromatic N) is 1. The number of para-hydroxylation sites is 1. The van der Waals surface area contributed by atoms with Crippen molar-refractivity contribution in [2.75, 3.05) is 19.8 Å². The average molecular weight is 377 g/mol. The molecule has 1 atom stereocenters. The van der Waals surface area contributed by atoms with Crippen LogP contribution in [0.3, 0.4) is 0 Å². The van der Waals surface area contributed by atoms with Crippen LogP contribution < -0.4 is 14.9 Å². The van der Waals surface area contributed by atoms with E-state index in [2.05, 4.69) is 0 Å². The van der Waals surface area contributed by atoms with Crippen molar-refractivity contribution in [3.05, 3.63) is 70.1 Å². The van der Waals surface area contributed by atoms with Gasteiger partial charge in [-0.05, 0) is 42.7 Å². The summed E-state index contributed by atoms with van der Waals surface area (Å²) >= 11 is 0. The van der Waals surface area contributed by atoms with Crippen LogP contribution in [0.4, 0.5) is 0 Å². The van der Waals surface area contributed by atoms with Crippen molar-refractivity contribution in [3.63, 3.8) is 0 Å². The van der Waals surface area contributed by atoms with E-state index in [4.69, 9.17) is 13.9 Å². The fraction of sp³-hybridized carbons (Fsp3) is 0.273. The number of hydrogen-bond acceptors (Lipinski definition) is 5. The van der Waals surface area contributed by atoms with Crippen LogP contribution >= 0.6 is 0 Å². The van der Waals surface area contributed by atoms with Gasteiger partial charge in [0.1, 0.15) is 18.8 Å². The minimum atomic E-state index is -0.264. The maximum atomic E-state index is 13.2. The molecule has 1 aromatic heterocycles. The average Bonchev–Trinajstić information content (AvgIpc) is 3.22. The van der Waals surface area contributed by atoms with Gasteiger partial charge in [-0.2, -0.15) is 0 Å². The monoisotopic (exact) mass is 377 g/mol. The molecule has 1 unspecified atom stereocenters. The number of carbonyl (C=O) groups excluding carboxylic acids is 1. The Bertz CT molecular complexity index is 1120. The van der Waals surface area contributed by atoms with E-state index in [0.29, 0.717) is 36.5 Å². The number of carbonyl (C=O) groups is 1. The van der Waals surface area contributed by atoms with Crippen LogP contribution in [0.25, 0.3) is 11.0 Å². The Balaban J connectivity index is 1.48. The number of ether oxygens (including phenoxy) is 2. The minimum absolute atomic E-state index is 0.0770. The van der Waals surface area contributed by atoms with E-state index in [9.17, 15) is 9.59 Å². The summed E-state index contributed by atoms with van der Waals surface area (Å²) in [5, 5.41) is 0.476. The SMILES string of the molecule is O=C(c1cc(=O)c2ccccc2o1)N1CCCC1c1ccc2c(c1)OCCO2. The van der Waals surface area contributed by atoms with Crippen molar-refractivity contribution in [3.8, 4) is 11.5 Å². The van der Waals surface area contributed by atoms with E-state index in [1.54, 1.807) is 29.2 Å². The first-order valence-electron chi connectivity index (χ1n) is 9.44. The molecule has 142 valence electrons. The first-order chi connectivity index (χ1) is 13.7. The van der Waals surface area contributed by atoms with Gasteiger partial charge in [-0.25, -0.2) is 0 Å². The van der Waals surface area contributed by atoms with Gasteiger partial charge >= 0.3 is 0 Å². The molecule has 2 aliphatic rings. The smallest absolute Gasteiger partial charge is 0.290 e. The van der Waals surface area contributed by atoms with Crippen LogP contribution in [-0.4, -0.2) is 30.6 Å². The second-order valence-electron chi connectivity index (χ2n) is 7.03. The highest BCUT2D eigenvalue weighted by atomic mass is 16.6. The summed E-state index contributed by atoms with van der Waals surface area (Å²) in [5.74, 6) is 1.25. The molecule has 6 heteroatoms. The van der Waals surface area contributed by atoms with Crippen molar-refractivity contribution < 1.29 is 18.7 Å². The Morgan fingerprint density at radius 1 is 1.00 bits per heavy atom. The largest absolute Gasteiger partial charge is 0.486 e. The lowest BCUT2D eigenvalue weighted by Gasteiger charge is -2.26. The Labute approximate surface area is 161 Å². The topological polar surface area (TPSA) is 69.0 Å². The summed E-state index contributed by atoms with van der Waals surface area (Å²) in [6.45, 7) is 1.68. The van der Waals surface area contributed by atoms with Gasteiger partial charge in [-0.3, -0.25) is 9.59 Å². The van der Waals surface area contributed by atoms with E-state index in [-0.39, 0.29) is 23.1 Å². The second kappa shape index (κ2) is 6.71. The fourth-order valence-corrected chi connectivity index (χ4v) is 3.97. The first-order valence-corrected chi connectivity index (χ1v) is 9.44. The van der Waals surface area contributed by atoms with Crippen molar-refractivity contribution in [1.29, 1.82) is 0 Å². The molecule has 28 heavy (non-hydrogen) atoms. The zero-order valence-electron chi connectivity index (χ0n) is 15.2. The third-order valence-electron chi connectivity index (χ3n) is 5.31. The lowest BCUT2D eigenvalue weighted by atomic mass is 10.0. The van der Waals surface area contributed by atoms with Crippen molar-refractivity contribution in [2.45, 2.75) is 18.9 Å². The zero-order valence-corrected chi connectivity index (χ0v) is 15.2. The number of rotatable bonds is 2. The number of amides is 1. The van der Waals surface area contributed by atoms with Crippen LogP contribution in [0.1, 0.15) is 35.0 Å². The molecular weight excluding hydrogens is 358 g/mol. The Morgan fingerprint density at radius 3 is 2.71 bits per heavy atom. The Hall–Kier alpha value is -3.28. The molecule has 2 aromatic carbocycles. The van der Waals surface area contributed by atoms with Gasteiger partial charge in [-0.15, -0.1) is 0 Å². The van der Waals surface area contributed by atoms with Crippen LogP contribution in [0.5, 0.6) is 11.5 Å². The molecule has 0 N–H and O–H groups in total. The highest BCUT2D eigenvalue weighted by Gasteiger charge is 2.33. The third-order valence-corrected chi connectivity index (χ3v) is 5.31. The molecule has 1 amide bonds. The van der Waals surface area contributed by atoms with Gasteiger partial charge in [0.05, 0.1) is 11.4 Å². The van der Waals surface area contributed by atoms with E-state index in [0.717, 1.165) is 24.2 Å². The second-order valence-corrected chi connectivity index (χ2v) is 7.03. The summed E-state index contributed by atoms with van der Waals surface area (Å²) < 4.78 is 17.0. The minimum Gasteiger partial charge on any atom is -0.486 e. The maximum absolute atomic E-state index is 13.2. The standard InChI is InChI=1S/C22H19NO5/c24-17-13-21(28-18-6-2-1-4-15(17)18)22(25)23-9-3-5-16(23)14-7-8-19-20(12-14)27-11-10-26-19/h1-2,4,6-8,12-13,16H,3,5,9-11H2. The summed E-state index contributed by atoms with van der Waals surface area (Å²) in [7, 11) is 0. The quantitative estimate of drug-likeness (QED) is 0.683. The normalized spacial score (nSPS) is 18.4. The van der Waals surface area contributed by atoms with E-state index in [1.165, 1.54) is 6.07 Å². The molecule has 5 rings (SSSR count). The van der Waals surface area contributed by atoms with Crippen molar-refractivity contribution >= 4 is 16.9 Å². The number of hydrogen-bond donors (Lipinski definition) is 0. The van der Waals surface area contributed by atoms with Gasteiger partial charge in [0, 0.05) is 12.6 Å². The van der Waals surface area contributed by atoms with Crippen LogP contribution in [0.15, 0.2) is 57.7 Å². The van der Waals surface area contributed by atoms with Gasteiger partial charge in [0.2, 0.25) is 0 Å². The molecular formula is C22H19NO5. The summed E-state index contributed by atoms with van der Waals surface area (Å²) in [6.07, 6.45) is 1.74. The third kappa shape index (κ3) is 2.81. The molecule has 3 heterocycles. The molecule has 1 fully saturated rings. The van der Waals surface area contributed by atoms with Crippen LogP contribution in [0.2, 0.25) is 0 Å². The van der Waals surface area contributed by atoms with Crippen LogP contribution in [0, 0.1) is 0 Å². The summed E-state index contributed by atoms with van der Waals surface area (Å²) in [4.78, 5) is 27.3. The Kier molecular flexibility index (Phi) is 4.04. The number of benzene rings is 2. The molecule has 1 saturated heterocycles. The van der Waals surface area contributed by atoms with E-state index in [1.807, 2.05) is 18.2 Å². The first kappa shape index (κ1) is 16.9. The summed E-state index contributed by atoms with van der Waals surface area (Å²) in [6, 6.07) is 14.0. The lowest BCUT2D eigenvalue weighted by molar-refractivity contribution is 0.0703. The molecule has 0 spiro atoms. The highest BCUT2D eigenvalue weighted by Crippen LogP contribution is 2.38. The van der Waals surface area contributed by atoms with Crippen LogP contribution in [-0.2, 0) is 0 Å². The molecule has 6 nitrogen and oxygen atoms in total. The van der Waals surface area contributed by atoms with Gasteiger partial charge in [0.25, 0.3) is 5.91 Å². The molecule has 0 aliphatic carbocycles. The number of likely N-dealkylation sites (tertiary alicyclic amines) is 1. The summed E-state index contributed by atoms with van der Waals surface area (Å²) in [5.41, 5.74) is 1.21. The zero-order chi connectivity index (χ0) is 19.1. The van der Waals surface area contributed by atoms with E-state index >= 15 is 0 Å². The molecule has 0 radical (unpaired) electrons. The maximum Gasteiger partial charge on any atom is 0.290 e. The van der Waals surface area contributed by atoms with Crippen molar-refractivity contribution in [2.24, 2.45) is 0 Å². The Morgan fingerprint density at radius 2 is 1.82 bits per heavy atom. The molecule has 0 saturated carbocycles. The predicted octanol–water partition coefficient (Wildman–Crippen LogP) is 3.54. The lowest BCUT2D eigenvalue weighted by Crippen LogP contribution is -2.31. The molecule has 3 aromatic rings. The fourth-order valence-electron chi connectivity index (χ4n) is 3.97. The van der Waals surface area contributed by atoms with Gasteiger partial charge in [-0.1, -0.05) is 18.2 Å². The molecule has 0 bridgehead atoms. The predicted molar refractivity (Wildman–Crippen MR) is 103 cm³/mol. The van der Waals surface area contributed by atoms with Gasteiger partial charge in [0.15, 0.2) is 22.7 Å². The van der Waals surface area contributed by atoms with Gasteiger partial charge < -0.3 is 18.8 Å². The molecule has 2 aliphatic heterocycles. The van der Waals surface area contributed by atoms with Crippen molar-refractivity contribution in [1.82, 2.24) is 4.90 Å². The number of fused-ring (bicyclic) bond motifs is 2.